The lowest BCUT2D eigenvalue weighted by Crippen LogP contribution is -2.37. The Hall–Kier alpha value is -1.75. The predicted molar refractivity (Wildman–Crippen MR) is 76.1 cm³/mol. The molecule has 2 aliphatic rings. The summed E-state index contributed by atoms with van der Waals surface area (Å²) in [6.07, 6.45) is 2.45. The second-order valence-electron chi connectivity index (χ2n) is 6.51. The van der Waals surface area contributed by atoms with Gasteiger partial charge in [0.1, 0.15) is 5.82 Å². The van der Waals surface area contributed by atoms with Gasteiger partial charge in [0, 0.05) is 30.1 Å². The molecule has 1 aliphatic carbocycles. The molecule has 20 heavy (non-hydrogen) atoms. The topological polar surface area (TPSA) is 62.3 Å². The van der Waals surface area contributed by atoms with Crippen LogP contribution in [0.2, 0.25) is 0 Å². The Labute approximate surface area is 117 Å². The smallest absolute Gasteiger partial charge is 0.231 e. The van der Waals surface area contributed by atoms with Crippen molar-refractivity contribution in [3.8, 4) is 11.5 Å². The summed E-state index contributed by atoms with van der Waals surface area (Å²) in [6, 6.07) is 4.01. The normalized spacial score (nSPS) is 17.9. The molecule has 2 heterocycles. The van der Waals surface area contributed by atoms with Crippen molar-refractivity contribution >= 4 is 11.0 Å². The fourth-order valence-corrected chi connectivity index (χ4v) is 2.76. The summed E-state index contributed by atoms with van der Waals surface area (Å²) in [7, 11) is 0. The van der Waals surface area contributed by atoms with Gasteiger partial charge < -0.3 is 19.8 Å². The van der Waals surface area contributed by atoms with Gasteiger partial charge in [0.25, 0.3) is 0 Å². The molecule has 1 aliphatic heterocycles. The first-order valence-electron chi connectivity index (χ1n) is 7.10. The molecule has 2 aromatic rings. The lowest BCUT2D eigenvalue weighted by Gasteiger charge is -2.21. The van der Waals surface area contributed by atoms with E-state index >= 15 is 0 Å². The molecule has 0 amide bonds. The first kappa shape index (κ1) is 12.0. The second-order valence-corrected chi connectivity index (χ2v) is 6.51. The maximum absolute atomic E-state index is 6.22. The zero-order chi connectivity index (χ0) is 13.9. The van der Waals surface area contributed by atoms with Gasteiger partial charge in [-0.15, -0.1) is 0 Å². The number of benzene rings is 1. The van der Waals surface area contributed by atoms with E-state index in [1.807, 2.05) is 26.0 Å². The van der Waals surface area contributed by atoms with E-state index in [1.165, 1.54) is 12.8 Å². The van der Waals surface area contributed by atoms with Crippen LogP contribution in [0.4, 0.5) is 0 Å². The molecule has 2 N–H and O–H groups in total. The molecule has 1 saturated carbocycles. The van der Waals surface area contributed by atoms with Crippen LogP contribution in [0, 0.1) is 0 Å². The Kier molecular flexibility index (Phi) is 2.33. The molecule has 0 bridgehead atoms. The summed E-state index contributed by atoms with van der Waals surface area (Å²) in [5, 5.41) is 0. The fraction of sp³-hybridized carbons (Fsp3) is 0.533. The standard InChI is InChI=1S/C15H19N3O2/c1-15(2,16)7-18-11-6-13-12(19-8-20-13)5-10(11)17-14(18)9-3-4-9/h5-6,9H,3-4,7-8,16H2,1-2H3. The van der Waals surface area contributed by atoms with Crippen LogP contribution in [-0.4, -0.2) is 21.9 Å². The van der Waals surface area contributed by atoms with Crippen molar-refractivity contribution < 1.29 is 9.47 Å². The number of aromatic nitrogens is 2. The number of ether oxygens (including phenoxy) is 2. The molecule has 0 radical (unpaired) electrons. The van der Waals surface area contributed by atoms with Crippen molar-refractivity contribution in [1.82, 2.24) is 9.55 Å². The number of imidazole rings is 1. The lowest BCUT2D eigenvalue weighted by atomic mass is 10.1. The van der Waals surface area contributed by atoms with E-state index in [2.05, 4.69) is 4.57 Å². The van der Waals surface area contributed by atoms with E-state index in [9.17, 15) is 0 Å². The molecule has 4 rings (SSSR count). The third-order valence-electron chi connectivity index (χ3n) is 3.78. The van der Waals surface area contributed by atoms with Crippen molar-refractivity contribution in [2.24, 2.45) is 5.73 Å². The minimum atomic E-state index is -0.270. The van der Waals surface area contributed by atoms with Crippen LogP contribution >= 0.6 is 0 Å². The highest BCUT2D eigenvalue weighted by atomic mass is 16.7. The number of nitrogens with two attached hydrogens (primary N) is 1. The summed E-state index contributed by atoms with van der Waals surface area (Å²) >= 11 is 0. The summed E-state index contributed by atoms with van der Waals surface area (Å²) < 4.78 is 13.2. The predicted octanol–water partition coefficient (Wildman–Crippen LogP) is 2.38. The number of rotatable bonds is 3. The van der Waals surface area contributed by atoms with Crippen molar-refractivity contribution in [2.75, 3.05) is 6.79 Å². The Morgan fingerprint density at radius 1 is 1.30 bits per heavy atom. The van der Waals surface area contributed by atoms with Gasteiger partial charge in [0.05, 0.1) is 11.0 Å². The SMILES string of the molecule is CC(C)(N)Cn1c(C2CC2)nc2cc3c(cc21)OCO3. The van der Waals surface area contributed by atoms with Gasteiger partial charge in [-0.05, 0) is 26.7 Å². The summed E-state index contributed by atoms with van der Waals surface area (Å²) in [5.41, 5.74) is 8.01. The zero-order valence-electron chi connectivity index (χ0n) is 11.8. The minimum Gasteiger partial charge on any atom is -0.454 e. The van der Waals surface area contributed by atoms with Gasteiger partial charge in [-0.25, -0.2) is 4.98 Å². The molecule has 0 saturated heterocycles. The minimum absolute atomic E-state index is 0.270. The molecule has 106 valence electrons. The van der Waals surface area contributed by atoms with E-state index in [0.717, 1.165) is 34.9 Å². The molecule has 5 nitrogen and oxygen atoms in total. The zero-order valence-corrected chi connectivity index (χ0v) is 11.8. The van der Waals surface area contributed by atoms with Gasteiger partial charge in [-0.3, -0.25) is 0 Å². The highest BCUT2D eigenvalue weighted by molar-refractivity contribution is 5.81. The number of hydrogen-bond donors (Lipinski definition) is 1. The number of nitrogens with zero attached hydrogens (tertiary/aromatic N) is 2. The third kappa shape index (κ3) is 1.93. The van der Waals surface area contributed by atoms with Crippen LogP contribution in [0.5, 0.6) is 11.5 Å². The molecular weight excluding hydrogens is 254 g/mol. The average molecular weight is 273 g/mol. The largest absolute Gasteiger partial charge is 0.454 e. The third-order valence-corrected chi connectivity index (χ3v) is 3.78. The van der Waals surface area contributed by atoms with Gasteiger partial charge in [0.15, 0.2) is 11.5 Å². The van der Waals surface area contributed by atoms with E-state index in [1.54, 1.807) is 0 Å². The number of hydrogen-bond acceptors (Lipinski definition) is 4. The highest BCUT2D eigenvalue weighted by Crippen LogP contribution is 2.43. The average Bonchev–Trinajstić information content (AvgIpc) is 3.01. The maximum atomic E-state index is 6.22. The van der Waals surface area contributed by atoms with Crippen LogP contribution in [-0.2, 0) is 6.54 Å². The highest BCUT2D eigenvalue weighted by Gasteiger charge is 2.31. The van der Waals surface area contributed by atoms with Crippen molar-refractivity contribution in [1.29, 1.82) is 0 Å². The van der Waals surface area contributed by atoms with E-state index in [0.29, 0.717) is 12.7 Å². The molecule has 1 fully saturated rings. The Morgan fingerprint density at radius 2 is 2.00 bits per heavy atom. The van der Waals surface area contributed by atoms with Gasteiger partial charge in [-0.2, -0.15) is 0 Å². The molecule has 1 aromatic heterocycles. The van der Waals surface area contributed by atoms with Crippen molar-refractivity contribution in [2.45, 2.75) is 44.7 Å². The lowest BCUT2D eigenvalue weighted by molar-refractivity contribution is 0.174. The molecule has 1 aromatic carbocycles. The van der Waals surface area contributed by atoms with Crippen LogP contribution in [0.15, 0.2) is 12.1 Å². The van der Waals surface area contributed by atoms with Crippen molar-refractivity contribution in [3.63, 3.8) is 0 Å². The van der Waals surface area contributed by atoms with E-state index in [4.69, 9.17) is 20.2 Å². The Morgan fingerprint density at radius 3 is 2.65 bits per heavy atom. The first-order chi connectivity index (χ1) is 9.51. The van der Waals surface area contributed by atoms with E-state index in [-0.39, 0.29) is 5.54 Å². The first-order valence-corrected chi connectivity index (χ1v) is 7.10. The maximum Gasteiger partial charge on any atom is 0.231 e. The molecule has 0 spiro atoms. The summed E-state index contributed by atoms with van der Waals surface area (Å²) in [6.45, 7) is 5.14. The Balaban J connectivity index is 1.90. The summed E-state index contributed by atoms with van der Waals surface area (Å²) in [4.78, 5) is 4.81. The van der Waals surface area contributed by atoms with Gasteiger partial charge >= 0.3 is 0 Å². The number of fused-ring (bicyclic) bond motifs is 2. The monoisotopic (exact) mass is 273 g/mol. The van der Waals surface area contributed by atoms with Crippen LogP contribution in [0.3, 0.4) is 0 Å². The molecule has 0 unspecified atom stereocenters. The quantitative estimate of drug-likeness (QED) is 0.932. The molecule has 5 heteroatoms. The van der Waals surface area contributed by atoms with E-state index < -0.39 is 0 Å². The van der Waals surface area contributed by atoms with Crippen LogP contribution in [0.25, 0.3) is 11.0 Å². The van der Waals surface area contributed by atoms with Crippen LogP contribution in [0.1, 0.15) is 38.4 Å². The van der Waals surface area contributed by atoms with Crippen LogP contribution < -0.4 is 15.2 Å². The molecular formula is C15H19N3O2. The van der Waals surface area contributed by atoms with Gasteiger partial charge in [0.2, 0.25) is 6.79 Å². The van der Waals surface area contributed by atoms with Crippen molar-refractivity contribution in [3.05, 3.63) is 18.0 Å². The fourth-order valence-electron chi connectivity index (χ4n) is 2.76. The second kappa shape index (κ2) is 3.88. The Bertz CT molecular complexity index is 680. The molecule has 0 atom stereocenters. The van der Waals surface area contributed by atoms with Gasteiger partial charge in [-0.1, -0.05) is 0 Å². The summed E-state index contributed by atoms with van der Waals surface area (Å²) in [5.74, 6) is 3.33.